The number of hydrogen-bond acceptors (Lipinski definition) is 5. The quantitative estimate of drug-likeness (QED) is 0.584. The van der Waals surface area contributed by atoms with E-state index in [4.69, 9.17) is 5.10 Å². The van der Waals surface area contributed by atoms with Crippen LogP contribution in [-0.2, 0) is 34.0 Å². The third kappa shape index (κ3) is 5.02. The molecule has 1 aliphatic carbocycles. The van der Waals surface area contributed by atoms with Crippen LogP contribution in [0.5, 0.6) is 0 Å². The first-order chi connectivity index (χ1) is 15.0. The highest BCUT2D eigenvalue weighted by atomic mass is 32.2. The molecule has 0 fully saturated rings. The van der Waals surface area contributed by atoms with Crippen LogP contribution in [-0.4, -0.2) is 41.4 Å². The van der Waals surface area contributed by atoms with Gasteiger partial charge in [0.15, 0.2) is 9.84 Å². The van der Waals surface area contributed by atoms with E-state index >= 15 is 0 Å². The van der Waals surface area contributed by atoms with E-state index in [0.717, 1.165) is 37.1 Å². The Morgan fingerprint density at radius 2 is 1.81 bits per heavy atom. The number of hydrogen-bond donors (Lipinski definition) is 1. The molecule has 0 aliphatic heterocycles. The van der Waals surface area contributed by atoms with Gasteiger partial charge >= 0.3 is 0 Å². The van der Waals surface area contributed by atoms with Crippen molar-refractivity contribution in [1.29, 1.82) is 0 Å². The number of nitrogens with one attached hydrogen (secondary N) is 1. The largest absolute Gasteiger partial charge is 0.354 e. The van der Waals surface area contributed by atoms with E-state index < -0.39 is 9.84 Å². The Bertz CT molecular complexity index is 1140. The van der Waals surface area contributed by atoms with E-state index in [2.05, 4.69) is 10.3 Å². The Morgan fingerprint density at radius 3 is 2.58 bits per heavy atom. The molecule has 0 atom stereocenters. The normalized spacial score (nSPS) is 13.5. The maximum absolute atomic E-state index is 12.3. The summed E-state index contributed by atoms with van der Waals surface area (Å²) in [6.45, 7) is 0.951. The highest BCUT2D eigenvalue weighted by Crippen LogP contribution is 2.30. The topological polar surface area (TPSA) is 94.0 Å². The first-order valence-electron chi connectivity index (χ1n) is 10.6. The Balaban J connectivity index is 1.35. The van der Waals surface area contributed by atoms with Crippen molar-refractivity contribution in [2.75, 3.05) is 12.3 Å². The Hall–Kier alpha value is -3.00. The van der Waals surface area contributed by atoms with E-state index in [1.807, 2.05) is 22.9 Å². The summed E-state index contributed by atoms with van der Waals surface area (Å²) in [5.74, 6) is -0.477. The van der Waals surface area contributed by atoms with E-state index in [-0.39, 0.29) is 23.0 Å². The van der Waals surface area contributed by atoms with Crippen LogP contribution in [0.15, 0.2) is 59.6 Å². The van der Waals surface area contributed by atoms with Crippen LogP contribution in [0.25, 0.3) is 11.4 Å². The summed E-state index contributed by atoms with van der Waals surface area (Å²) in [5.41, 5.74) is 4.27. The number of nitrogens with zero attached hydrogens (tertiary/aromatic N) is 3. The first kappa shape index (κ1) is 21.2. The summed E-state index contributed by atoms with van der Waals surface area (Å²) in [6.07, 6.45) is 5.94. The SMILES string of the molecule is O=C(CCS(=O)(=O)c1ccccc1)NCCn1nc(-c2ccccn2)c2c1CCCC2. The second kappa shape index (κ2) is 9.43. The summed E-state index contributed by atoms with van der Waals surface area (Å²) in [4.78, 5) is 16.9. The fraction of sp³-hybridized carbons (Fsp3) is 0.348. The predicted octanol–water partition coefficient (Wildman–Crippen LogP) is 2.80. The average Bonchev–Trinajstić information content (AvgIpc) is 3.18. The number of carbonyl (C=O) groups is 1. The minimum Gasteiger partial charge on any atom is -0.354 e. The van der Waals surface area contributed by atoms with Gasteiger partial charge in [-0.15, -0.1) is 0 Å². The number of carbonyl (C=O) groups excluding carboxylic acids is 1. The van der Waals surface area contributed by atoms with Crippen LogP contribution in [0.3, 0.4) is 0 Å². The first-order valence-corrected chi connectivity index (χ1v) is 12.2. The molecular weight excluding hydrogens is 412 g/mol. The lowest BCUT2D eigenvalue weighted by Crippen LogP contribution is -2.29. The fourth-order valence-electron chi connectivity index (χ4n) is 3.93. The van der Waals surface area contributed by atoms with Crippen molar-refractivity contribution in [3.05, 3.63) is 66.0 Å². The van der Waals surface area contributed by atoms with Gasteiger partial charge in [-0.3, -0.25) is 14.5 Å². The molecule has 31 heavy (non-hydrogen) atoms. The number of benzene rings is 1. The Morgan fingerprint density at radius 1 is 1.03 bits per heavy atom. The van der Waals surface area contributed by atoms with Crippen molar-refractivity contribution in [2.24, 2.45) is 0 Å². The number of aromatic nitrogens is 3. The van der Waals surface area contributed by atoms with Crippen molar-refractivity contribution in [1.82, 2.24) is 20.1 Å². The molecule has 8 heteroatoms. The summed E-state index contributed by atoms with van der Waals surface area (Å²) >= 11 is 0. The maximum atomic E-state index is 12.3. The maximum Gasteiger partial charge on any atom is 0.221 e. The van der Waals surface area contributed by atoms with E-state index in [1.54, 1.807) is 36.5 Å². The summed E-state index contributed by atoms with van der Waals surface area (Å²) in [7, 11) is -3.46. The van der Waals surface area contributed by atoms with Gasteiger partial charge in [0.05, 0.1) is 22.9 Å². The van der Waals surface area contributed by atoms with Crippen molar-refractivity contribution >= 4 is 15.7 Å². The van der Waals surface area contributed by atoms with Crippen LogP contribution < -0.4 is 5.32 Å². The van der Waals surface area contributed by atoms with Crippen LogP contribution in [0.1, 0.15) is 30.5 Å². The van der Waals surface area contributed by atoms with Crippen molar-refractivity contribution in [3.8, 4) is 11.4 Å². The van der Waals surface area contributed by atoms with E-state index in [1.165, 1.54) is 11.3 Å². The Kier molecular flexibility index (Phi) is 6.46. The summed E-state index contributed by atoms with van der Waals surface area (Å²) < 4.78 is 26.6. The fourth-order valence-corrected chi connectivity index (χ4v) is 5.19. The molecule has 162 valence electrons. The van der Waals surface area contributed by atoms with Gasteiger partial charge in [0.1, 0.15) is 5.69 Å². The molecule has 0 saturated heterocycles. The van der Waals surface area contributed by atoms with Crippen LogP contribution >= 0.6 is 0 Å². The lowest BCUT2D eigenvalue weighted by Gasteiger charge is -2.14. The van der Waals surface area contributed by atoms with E-state index in [0.29, 0.717) is 13.1 Å². The molecule has 2 aromatic heterocycles. The molecular formula is C23H26N4O3S. The van der Waals surface area contributed by atoms with Gasteiger partial charge < -0.3 is 5.32 Å². The molecule has 3 aromatic rings. The van der Waals surface area contributed by atoms with Gasteiger partial charge in [-0.25, -0.2) is 8.42 Å². The van der Waals surface area contributed by atoms with Crippen molar-refractivity contribution in [2.45, 2.75) is 43.5 Å². The van der Waals surface area contributed by atoms with E-state index in [9.17, 15) is 13.2 Å². The molecule has 4 rings (SSSR count). The molecule has 1 aromatic carbocycles. The highest BCUT2D eigenvalue weighted by molar-refractivity contribution is 7.91. The van der Waals surface area contributed by atoms with Crippen LogP contribution in [0.4, 0.5) is 0 Å². The monoisotopic (exact) mass is 438 g/mol. The molecule has 0 saturated carbocycles. The number of amides is 1. The van der Waals surface area contributed by atoms with Crippen LogP contribution in [0.2, 0.25) is 0 Å². The van der Waals surface area contributed by atoms with Gasteiger partial charge in [0, 0.05) is 30.4 Å². The third-order valence-corrected chi connectivity index (χ3v) is 7.24. The Labute approximate surface area is 182 Å². The van der Waals surface area contributed by atoms with Gasteiger partial charge in [0.2, 0.25) is 5.91 Å². The second-order valence-corrected chi connectivity index (χ2v) is 9.76. The zero-order valence-corrected chi connectivity index (χ0v) is 18.1. The third-order valence-electron chi connectivity index (χ3n) is 5.51. The molecule has 2 heterocycles. The van der Waals surface area contributed by atoms with Gasteiger partial charge in [-0.2, -0.15) is 5.10 Å². The van der Waals surface area contributed by atoms with Gasteiger partial charge in [-0.05, 0) is 49.9 Å². The number of sulfone groups is 1. The highest BCUT2D eigenvalue weighted by Gasteiger charge is 2.22. The molecule has 1 aliphatic rings. The average molecular weight is 439 g/mol. The minimum absolute atomic E-state index is 0.0619. The number of rotatable bonds is 8. The lowest BCUT2D eigenvalue weighted by molar-refractivity contribution is -0.120. The standard InChI is InChI=1S/C23H26N4O3S/c28-22(13-17-31(29,30)18-8-2-1-3-9-18)25-15-16-27-21-12-5-4-10-19(21)23(26-27)20-11-6-7-14-24-20/h1-3,6-9,11,14H,4-5,10,12-13,15-17H2,(H,25,28). The van der Waals surface area contributed by atoms with Crippen molar-refractivity contribution in [3.63, 3.8) is 0 Å². The number of pyridine rings is 1. The zero-order chi connectivity index (χ0) is 21.7. The molecule has 1 N–H and O–H groups in total. The molecule has 0 radical (unpaired) electrons. The molecule has 1 amide bonds. The molecule has 0 bridgehead atoms. The summed E-state index contributed by atoms with van der Waals surface area (Å²) in [6, 6.07) is 14.0. The number of fused-ring (bicyclic) bond motifs is 1. The lowest BCUT2D eigenvalue weighted by atomic mass is 9.95. The van der Waals surface area contributed by atoms with Gasteiger partial charge in [-0.1, -0.05) is 24.3 Å². The summed E-state index contributed by atoms with van der Waals surface area (Å²) in [5, 5.41) is 7.62. The van der Waals surface area contributed by atoms with Crippen molar-refractivity contribution < 1.29 is 13.2 Å². The zero-order valence-electron chi connectivity index (χ0n) is 17.3. The molecule has 0 unspecified atom stereocenters. The van der Waals surface area contributed by atoms with Gasteiger partial charge in [0.25, 0.3) is 0 Å². The van der Waals surface area contributed by atoms with Crippen LogP contribution in [0, 0.1) is 0 Å². The smallest absolute Gasteiger partial charge is 0.221 e. The molecule has 0 spiro atoms. The molecule has 7 nitrogen and oxygen atoms in total. The minimum atomic E-state index is -3.46. The second-order valence-electron chi connectivity index (χ2n) is 7.65. The predicted molar refractivity (Wildman–Crippen MR) is 118 cm³/mol.